The van der Waals surface area contributed by atoms with Crippen molar-refractivity contribution in [2.45, 2.75) is 12.5 Å². The summed E-state index contributed by atoms with van der Waals surface area (Å²) in [6.45, 7) is 1.14. The summed E-state index contributed by atoms with van der Waals surface area (Å²) in [6, 6.07) is 5.39. The molecule has 1 amide bonds. The van der Waals surface area contributed by atoms with Gasteiger partial charge in [0.25, 0.3) is 5.91 Å². The fourth-order valence-corrected chi connectivity index (χ4v) is 3.28. The summed E-state index contributed by atoms with van der Waals surface area (Å²) in [5, 5.41) is 0. The van der Waals surface area contributed by atoms with Crippen molar-refractivity contribution in [3.05, 3.63) is 36.2 Å². The fraction of sp³-hybridized carbons (Fsp3) is 0.312. The molecule has 0 radical (unpaired) electrons. The second kappa shape index (κ2) is 6.60. The monoisotopic (exact) mass is 357 g/mol. The molecule has 8 nitrogen and oxygen atoms in total. The maximum atomic E-state index is 12.7. The standard InChI is InChI=1S/C16H15N5O3S/c1-23-14-7-17-8-15(18-14)24-11-4-5-21(9-11)16(22)10-2-3-12-13(6-10)20-25-19-12/h2-3,6-8,11H,4-5,9H2,1H3. The van der Waals surface area contributed by atoms with Crippen molar-refractivity contribution in [2.24, 2.45) is 0 Å². The number of likely N-dealkylation sites (tertiary alicyclic amines) is 1. The molecule has 1 atom stereocenters. The van der Waals surface area contributed by atoms with E-state index in [2.05, 4.69) is 18.7 Å². The maximum absolute atomic E-state index is 12.7. The molecule has 0 aliphatic carbocycles. The van der Waals surface area contributed by atoms with Crippen molar-refractivity contribution in [1.29, 1.82) is 0 Å². The number of ether oxygens (including phenoxy) is 2. The van der Waals surface area contributed by atoms with Crippen LogP contribution in [0.4, 0.5) is 0 Å². The third kappa shape index (κ3) is 3.22. The van der Waals surface area contributed by atoms with Crippen molar-refractivity contribution in [3.63, 3.8) is 0 Å². The van der Waals surface area contributed by atoms with Crippen molar-refractivity contribution >= 4 is 28.7 Å². The van der Waals surface area contributed by atoms with E-state index in [1.165, 1.54) is 19.5 Å². The molecule has 3 aromatic rings. The number of carbonyl (C=O) groups excluding carboxylic acids is 1. The fourth-order valence-electron chi connectivity index (χ4n) is 2.76. The smallest absolute Gasteiger partial charge is 0.254 e. The minimum Gasteiger partial charge on any atom is -0.480 e. The molecule has 0 spiro atoms. The van der Waals surface area contributed by atoms with Crippen LogP contribution in [0, 0.1) is 0 Å². The van der Waals surface area contributed by atoms with Gasteiger partial charge in [0, 0.05) is 18.5 Å². The zero-order valence-corrected chi connectivity index (χ0v) is 14.3. The molecule has 128 valence electrons. The van der Waals surface area contributed by atoms with E-state index >= 15 is 0 Å². The average molecular weight is 357 g/mol. The van der Waals surface area contributed by atoms with Gasteiger partial charge in [0.15, 0.2) is 0 Å². The predicted molar refractivity (Wildman–Crippen MR) is 90.9 cm³/mol. The Bertz CT molecular complexity index is 915. The van der Waals surface area contributed by atoms with Gasteiger partial charge >= 0.3 is 0 Å². The van der Waals surface area contributed by atoms with Crippen LogP contribution in [0.3, 0.4) is 0 Å². The van der Waals surface area contributed by atoms with Crippen LogP contribution >= 0.6 is 11.7 Å². The van der Waals surface area contributed by atoms with Crippen LogP contribution < -0.4 is 9.47 Å². The van der Waals surface area contributed by atoms with Gasteiger partial charge in [0.05, 0.1) is 37.8 Å². The Morgan fingerprint density at radius 2 is 2.08 bits per heavy atom. The third-order valence-electron chi connectivity index (χ3n) is 4.02. The first-order valence-corrected chi connectivity index (χ1v) is 8.50. The van der Waals surface area contributed by atoms with E-state index in [4.69, 9.17) is 9.47 Å². The highest BCUT2D eigenvalue weighted by molar-refractivity contribution is 7.00. The molecular formula is C16H15N5O3S. The highest BCUT2D eigenvalue weighted by Crippen LogP contribution is 2.21. The first-order valence-electron chi connectivity index (χ1n) is 7.77. The Kier molecular flexibility index (Phi) is 4.14. The van der Waals surface area contributed by atoms with Crippen molar-refractivity contribution in [1.82, 2.24) is 23.6 Å². The molecular weight excluding hydrogens is 342 g/mol. The number of methoxy groups -OCH3 is 1. The minimum absolute atomic E-state index is 0.0299. The van der Waals surface area contributed by atoms with E-state index in [1.807, 2.05) is 6.07 Å². The zero-order chi connectivity index (χ0) is 17.2. The molecule has 0 bridgehead atoms. The Morgan fingerprint density at radius 3 is 2.96 bits per heavy atom. The van der Waals surface area contributed by atoms with Crippen LogP contribution in [-0.4, -0.2) is 55.8 Å². The molecule has 4 rings (SSSR count). The molecule has 1 aliphatic heterocycles. The number of hydrogen-bond acceptors (Lipinski definition) is 8. The summed E-state index contributed by atoms with van der Waals surface area (Å²) in [4.78, 5) is 22.7. The van der Waals surface area contributed by atoms with Gasteiger partial charge in [-0.15, -0.1) is 0 Å². The SMILES string of the molecule is COc1cncc(OC2CCN(C(=O)c3ccc4nsnc4c3)C2)n1. The number of rotatable bonds is 4. The molecule has 25 heavy (non-hydrogen) atoms. The van der Waals surface area contributed by atoms with E-state index in [1.54, 1.807) is 17.0 Å². The van der Waals surface area contributed by atoms with Gasteiger partial charge in [-0.25, -0.2) is 0 Å². The van der Waals surface area contributed by atoms with Crippen LogP contribution in [0.15, 0.2) is 30.6 Å². The molecule has 1 aliphatic rings. The summed E-state index contributed by atoms with van der Waals surface area (Å²) >= 11 is 1.14. The lowest BCUT2D eigenvalue weighted by atomic mass is 10.2. The topological polar surface area (TPSA) is 90.3 Å². The van der Waals surface area contributed by atoms with Gasteiger partial charge in [-0.05, 0) is 18.2 Å². The summed E-state index contributed by atoms with van der Waals surface area (Å²) in [5.41, 5.74) is 2.16. The quantitative estimate of drug-likeness (QED) is 0.703. The molecule has 1 aromatic carbocycles. The van der Waals surface area contributed by atoms with Crippen LogP contribution in [0.1, 0.15) is 16.8 Å². The van der Waals surface area contributed by atoms with Crippen molar-refractivity contribution in [2.75, 3.05) is 20.2 Å². The normalized spacial score (nSPS) is 17.0. The Labute approximate surface area is 147 Å². The Hall–Kier alpha value is -2.81. The largest absolute Gasteiger partial charge is 0.480 e. The van der Waals surface area contributed by atoms with E-state index < -0.39 is 0 Å². The first-order chi connectivity index (χ1) is 12.2. The lowest BCUT2D eigenvalue weighted by molar-refractivity contribution is 0.0771. The second-order valence-electron chi connectivity index (χ2n) is 5.65. The molecule has 2 aromatic heterocycles. The van der Waals surface area contributed by atoms with Crippen molar-refractivity contribution < 1.29 is 14.3 Å². The molecule has 1 unspecified atom stereocenters. The molecule has 0 saturated carbocycles. The number of hydrogen-bond donors (Lipinski definition) is 0. The highest BCUT2D eigenvalue weighted by Gasteiger charge is 2.29. The van der Waals surface area contributed by atoms with E-state index in [0.29, 0.717) is 30.4 Å². The van der Waals surface area contributed by atoms with Gasteiger partial charge < -0.3 is 14.4 Å². The number of carbonyl (C=O) groups is 1. The predicted octanol–water partition coefficient (Wildman–Crippen LogP) is 1.78. The molecule has 1 fully saturated rings. The number of amides is 1. The van der Waals surface area contributed by atoms with Gasteiger partial charge in [0.2, 0.25) is 11.8 Å². The summed E-state index contributed by atoms with van der Waals surface area (Å²) < 4.78 is 19.2. The van der Waals surface area contributed by atoms with Crippen LogP contribution in [0.25, 0.3) is 11.0 Å². The lowest BCUT2D eigenvalue weighted by Gasteiger charge is -2.17. The number of aromatic nitrogens is 4. The van der Waals surface area contributed by atoms with Gasteiger partial charge in [0.1, 0.15) is 17.1 Å². The Balaban J connectivity index is 1.43. The second-order valence-corrected chi connectivity index (χ2v) is 6.18. The average Bonchev–Trinajstić information content (AvgIpc) is 3.29. The first kappa shape index (κ1) is 15.7. The van der Waals surface area contributed by atoms with Gasteiger partial charge in [-0.3, -0.25) is 9.78 Å². The van der Waals surface area contributed by atoms with Gasteiger partial charge in [-0.1, -0.05) is 0 Å². The molecule has 0 N–H and O–H groups in total. The van der Waals surface area contributed by atoms with E-state index in [-0.39, 0.29) is 12.0 Å². The number of nitrogens with zero attached hydrogens (tertiary/aromatic N) is 5. The lowest BCUT2D eigenvalue weighted by Crippen LogP contribution is -2.31. The van der Waals surface area contributed by atoms with Gasteiger partial charge in [-0.2, -0.15) is 13.7 Å². The minimum atomic E-state index is -0.116. The van der Waals surface area contributed by atoms with E-state index in [9.17, 15) is 4.79 Å². The Morgan fingerprint density at radius 1 is 1.24 bits per heavy atom. The summed E-state index contributed by atoms with van der Waals surface area (Å²) in [6.07, 6.45) is 3.68. The van der Waals surface area contributed by atoms with Crippen LogP contribution in [0.5, 0.6) is 11.8 Å². The maximum Gasteiger partial charge on any atom is 0.254 e. The molecule has 9 heteroatoms. The van der Waals surface area contributed by atoms with Crippen LogP contribution in [-0.2, 0) is 0 Å². The highest BCUT2D eigenvalue weighted by atomic mass is 32.1. The van der Waals surface area contributed by atoms with Crippen LogP contribution in [0.2, 0.25) is 0 Å². The number of fused-ring (bicyclic) bond motifs is 1. The summed E-state index contributed by atoms with van der Waals surface area (Å²) in [5.74, 6) is 0.764. The number of benzene rings is 1. The van der Waals surface area contributed by atoms with Crippen molar-refractivity contribution in [3.8, 4) is 11.8 Å². The molecule has 1 saturated heterocycles. The van der Waals surface area contributed by atoms with E-state index in [0.717, 1.165) is 29.2 Å². The zero-order valence-electron chi connectivity index (χ0n) is 13.5. The third-order valence-corrected chi connectivity index (χ3v) is 4.58. The summed E-state index contributed by atoms with van der Waals surface area (Å²) in [7, 11) is 1.53. The molecule has 3 heterocycles.